The molecule has 13 heavy (non-hydrogen) atoms. The normalized spacial score (nSPS) is 9.69. The molecule has 1 aromatic heterocycles. The summed E-state index contributed by atoms with van der Waals surface area (Å²) in [6, 6.07) is 3.49. The van der Waals surface area contributed by atoms with Gasteiger partial charge in [0.25, 0.3) is 5.95 Å². The van der Waals surface area contributed by atoms with Gasteiger partial charge in [0.05, 0.1) is 20.6 Å². The number of carbonyl (C=O) groups is 1. The third-order valence-electron chi connectivity index (χ3n) is 1.64. The first-order valence-electron chi connectivity index (χ1n) is 3.95. The van der Waals surface area contributed by atoms with Crippen molar-refractivity contribution in [1.82, 2.24) is 0 Å². The van der Waals surface area contributed by atoms with Crippen molar-refractivity contribution in [3.05, 3.63) is 17.9 Å². The first-order chi connectivity index (χ1) is 6.26. The highest BCUT2D eigenvalue weighted by molar-refractivity contribution is 5.69. The second kappa shape index (κ2) is 4.54. The van der Waals surface area contributed by atoms with E-state index in [1.807, 2.05) is 0 Å². The minimum absolute atomic E-state index is 0.240. The molecule has 0 radical (unpaired) electrons. The minimum atomic E-state index is -0.240. The van der Waals surface area contributed by atoms with E-state index in [2.05, 4.69) is 4.74 Å². The summed E-state index contributed by atoms with van der Waals surface area (Å²) in [4.78, 5) is 10.8. The molecule has 0 saturated heterocycles. The Morgan fingerprint density at radius 1 is 1.46 bits per heavy atom. The van der Waals surface area contributed by atoms with E-state index in [0.717, 1.165) is 5.76 Å². The molecule has 0 saturated carbocycles. The van der Waals surface area contributed by atoms with E-state index in [9.17, 15) is 4.79 Å². The van der Waals surface area contributed by atoms with Gasteiger partial charge in [0.2, 0.25) is 0 Å². The van der Waals surface area contributed by atoms with Crippen LogP contribution in [0, 0.1) is 0 Å². The average Bonchev–Trinajstić information content (AvgIpc) is 2.61. The minimum Gasteiger partial charge on any atom is -0.469 e. The predicted molar refractivity (Wildman–Crippen MR) is 45.6 cm³/mol. The van der Waals surface area contributed by atoms with Crippen molar-refractivity contribution in [3.8, 4) is 5.95 Å². The van der Waals surface area contributed by atoms with Crippen LogP contribution < -0.4 is 4.74 Å². The molecule has 1 rings (SSSR count). The second-order valence-corrected chi connectivity index (χ2v) is 2.50. The van der Waals surface area contributed by atoms with Gasteiger partial charge >= 0.3 is 5.97 Å². The molecule has 0 unspecified atom stereocenters. The van der Waals surface area contributed by atoms with Crippen molar-refractivity contribution in [2.45, 2.75) is 12.8 Å². The van der Waals surface area contributed by atoms with E-state index in [1.54, 1.807) is 12.1 Å². The third kappa shape index (κ3) is 2.82. The molecule has 1 heterocycles. The zero-order valence-electron chi connectivity index (χ0n) is 7.70. The molecule has 0 aliphatic heterocycles. The Hall–Kier alpha value is -1.45. The van der Waals surface area contributed by atoms with Crippen molar-refractivity contribution < 1.29 is 18.7 Å². The van der Waals surface area contributed by atoms with Crippen molar-refractivity contribution >= 4 is 5.97 Å². The maximum atomic E-state index is 10.8. The molecule has 0 spiro atoms. The van der Waals surface area contributed by atoms with E-state index in [-0.39, 0.29) is 5.97 Å². The Labute approximate surface area is 76.4 Å². The highest BCUT2D eigenvalue weighted by atomic mass is 16.6. The number of hydrogen-bond donors (Lipinski definition) is 0. The smallest absolute Gasteiger partial charge is 0.305 e. The Balaban J connectivity index is 2.41. The topological polar surface area (TPSA) is 48.7 Å². The number of aryl methyl sites for hydroxylation is 1. The maximum absolute atomic E-state index is 10.8. The van der Waals surface area contributed by atoms with Gasteiger partial charge in [-0.3, -0.25) is 4.79 Å². The average molecular weight is 184 g/mol. The molecule has 0 atom stereocenters. The Morgan fingerprint density at radius 2 is 2.23 bits per heavy atom. The van der Waals surface area contributed by atoms with Crippen LogP contribution in [0.3, 0.4) is 0 Å². The van der Waals surface area contributed by atoms with Crippen molar-refractivity contribution in [1.29, 1.82) is 0 Å². The second-order valence-electron chi connectivity index (χ2n) is 2.50. The quantitative estimate of drug-likeness (QED) is 0.663. The third-order valence-corrected chi connectivity index (χ3v) is 1.64. The summed E-state index contributed by atoms with van der Waals surface area (Å²) in [6.45, 7) is 0. The van der Waals surface area contributed by atoms with Crippen LogP contribution in [0.15, 0.2) is 16.5 Å². The molecule has 0 aliphatic carbocycles. The van der Waals surface area contributed by atoms with E-state index >= 15 is 0 Å². The number of rotatable bonds is 4. The molecule has 0 bridgehead atoms. The summed E-state index contributed by atoms with van der Waals surface area (Å²) in [6.07, 6.45) is 0.864. The molecule has 4 heteroatoms. The molecular weight excluding hydrogens is 172 g/mol. The van der Waals surface area contributed by atoms with Gasteiger partial charge in [0.15, 0.2) is 0 Å². The van der Waals surface area contributed by atoms with Crippen molar-refractivity contribution in [2.24, 2.45) is 0 Å². The number of hydrogen-bond acceptors (Lipinski definition) is 4. The van der Waals surface area contributed by atoms with Gasteiger partial charge in [-0.2, -0.15) is 0 Å². The molecule has 0 N–H and O–H groups in total. The lowest BCUT2D eigenvalue weighted by atomic mass is 10.2. The van der Waals surface area contributed by atoms with Gasteiger partial charge in [-0.15, -0.1) is 0 Å². The van der Waals surface area contributed by atoms with Crippen LogP contribution in [0.25, 0.3) is 0 Å². The predicted octanol–water partition coefficient (Wildman–Crippen LogP) is 1.39. The zero-order valence-corrected chi connectivity index (χ0v) is 7.70. The molecule has 0 amide bonds. The molecule has 1 aromatic rings. The Bertz CT molecular complexity index is 277. The number of ether oxygens (including phenoxy) is 2. The number of esters is 1. The van der Waals surface area contributed by atoms with Gasteiger partial charge in [0.1, 0.15) is 5.76 Å². The van der Waals surface area contributed by atoms with E-state index in [0.29, 0.717) is 18.8 Å². The summed E-state index contributed by atoms with van der Waals surface area (Å²) in [5.74, 6) is 0.942. The SMILES string of the molecule is COC(=O)CCc1ccc(OC)o1. The van der Waals surface area contributed by atoms with Gasteiger partial charge in [-0.1, -0.05) is 0 Å². The monoisotopic (exact) mass is 184 g/mol. The van der Waals surface area contributed by atoms with E-state index < -0.39 is 0 Å². The van der Waals surface area contributed by atoms with Crippen LogP contribution in [-0.2, 0) is 16.0 Å². The van der Waals surface area contributed by atoms with Crippen molar-refractivity contribution in [2.75, 3.05) is 14.2 Å². The van der Waals surface area contributed by atoms with Gasteiger partial charge < -0.3 is 13.9 Å². The van der Waals surface area contributed by atoms with Crippen molar-refractivity contribution in [3.63, 3.8) is 0 Å². The zero-order chi connectivity index (χ0) is 9.68. The lowest BCUT2D eigenvalue weighted by Crippen LogP contribution is -2.01. The molecule has 0 aromatic carbocycles. The number of furan rings is 1. The fourth-order valence-corrected chi connectivity index (χ4v) is 0.930. The summed E-state index contributed by atoms with van der Waals surface area (Å²) in [5.41, 5.74) is 0. The number of carbonyl (C=O) groups excluding carboxylic acids is 1. The maximum Gasteiger partial charge on any atom is 0.305 e. The molecule has 0 aliphatic rings. The highest BCUT2D eigenvalue weighted by Gasteiger charge is 2.05. The Kier molecular flexibility index (Phi) is 3.37. The first kappa shape index (κ1) is 9.64. The highest BCUT2D eigenvalue weighted by Crippen LogP contribution is 2.16. The fraction of sp³-hybridized carbons (Fsp3) is 0.444. The standard InChI is InChI=1S/C9H12O4/c1-11-8(10)5-3-7-4-6-9(12-2)13-7/h4,6H,3,5H2,1-2H3. The van der Waals surface area contributed by atoms with Crippen LogP contribution in [0.5, 0.6) is 5.95 Å². The summed E-state index contributed by atoms with van der Waals surface area (Å²) in [7, 11) is 2.90. The molecule has 0 fully saturated rings. The van der Waals surface area contributed by atoms with E-state index in [1.165, 1.54) is 14.2 Å². The fourth-order valence-electron chi connectivity index (χ4n) is 0.930. The van der Waals surface area contributed by atoms with Gasteiger partial charge in [0, 0.05) is 12.5 Å². The van der Waals surface area contributed by atoms with Crippen LogP contribution in [0.1, 0.15) is 12.2 Å². The van der Waals surface area contributed by atoms with Crippen LogP contribution in [-0.4, -0.2) is 20.2 Å². The van der Waals surface area contributed by atoms with E-state index in [4.69, 9.17) is 9.15 Å². The molecule has 72 valence electrons. The first-order valence-corrected chi connectivity index (χ1v) is 3.95. The summed E-state index contributed by atoms with van der Waals surface area (Å²) >= 11 is 0. The van der Waals surface area contributed by atoms with Crippen LogP contribution in [0.4, 0.5) is 0 Å². The summed E-state index contributed by atoms with van der Waals surface area (Å²) < 4.78 is 14.5. The lowest BCUT2D eigenvalue weighted by Gasteiger charge is -1.96. The molecule has 4 nitrogen and oxygen atoms in total. The lowest BCUT2D eigenvalue weighted by molar-refractivity contribution is -0.140. The summed E-state index contributed by atoms with van der Waals surface area (Å²) in [5, 5.41) is 0. The largest absolute Gasteiger partial charge is 0.469 e. The Morgan fingerprint density at radius 3 is 2.77 bits per heavy atom. The van der Waals surface area contributed by atoms with Gasteiger partial charge in [-0.05, 0) is 6.07 Å². The molecular formula is C9H12O4. The van der Waals surface area contributed by atoms with Crippen LogP contribution >= 0.6 is 0 Å². The van der Waals surface area contributed by atoms with Crippen LogP contribution in [0.2, 0.25) is 0 Å². The van der Waals surface area contributed by atoms with Gasteiger partial charge in [-0.25, -0.2) is 0 Å². The number of methoxy groups -OCH3 is 2.